The van der Waals surface area contributed by atoms with Crippen LogP contribution in [0.2, 0.25) is 0 Å². The molecule has 0 saturated carbocycles. The Morgan fingerprint density at radius 3 is 2.52 bits per heavy atom. The van der Waals surface area contributed by atoms with Crippen LogP contribution in [0.25, 0.3) is 10.9 Å². The second-order valence-electron chi connectivity index (χ2n) is 5.56. The summed E-state index contributed by atoms with van der Waals surface area (Å²) in [6, 6.07) is 16.8. The molecule has 0 amide bonds. The second-order valence-corrected chi connectivity index (χ2v) is 5.56. The monoisotopic (exact) mass is 330 g/mol. The molecule has 0 aliphatic carbocycles. The van der Waals surface area contributed by atoms with Gasteiger partial charge in [-0.15, -0.1) is 0 Å². The van der Waals surface area contributed by atoms with Gasteiger partial charge in [0.25, 0.3) is 0 Å². The van der Waals surface area contributed by atoms with Crippen molar-refractivity contribution in [3.8, 4) is 5.75 Å². The number of rotatable bonds is 5. The number of aromatic nitrogens is 1. The Balaban J connectivity index is 0.00000144. The molecule has 0 aliphatic rings. The Morgan fingerprint density at radius 1 is 1.13 bits per heavy atom. The van der Waals surface area contributed by atoms with Crippen molar-refractivity contribution in [2.75, 3.05) is 13.7 Å². The number of hydrogen-bond donors (Lipinski definition) is 1. The first-order valence-corrected chi connectivity index (χ1v) is 7.64. The average Bonchev–Trinajstić information content (AvgIpc) is 2.81. The van der Waals surface area contributed by atoms with Crippen molar-refractivity contribution >= 4 is 10.9 Å². The third-order valence-corrected chi connectivity index (χ3v) is 4.24. The van der Waals surface area contributed by atoms with Gasteiger partial charge in [0, 0.05) is 23.1 Å². The highest BCUT2D eigenvalue weighted by Crippen LogP contribution is 2.30. The lowest BCUT2D eigenvalue weighted by Crippen LogP contribution is -3.00. The maximum atomic E-state index is 5.81. The van der Waals surface area contributed by atoms with Crippen LogP contribution in [0, 0.1) is 6.92 Å². The van der Waals surface area contributed by atoms with Gasteiger partial charge in [-0.2, -0.15) is 0 Å². The molecule has 0 saturated heterocycles. The number of fused-ring (bicyclic) bond motifs is 1. The quantitative estimate of drug-likeness (QED) is 0.745. The van der Waals surface area contributed by atoms with E-state index in [4.69, 9.17) is 10.5 Å². The topological polar surface area (TPSA) is 40.2 Å². The molecule has 23 heavy (non-hydrogen) atoms. The van der Waals surface area contributed by atoms with E-state index in [0.717, 1.165) is 18.7 Å². The molecule has 0 radical (unpaired) electrons. The molecule has 3 aromatic rings. The zero-order chi connectivity index (χ0) is 15.5. The van der Waals surface area contributed by atoms with Gasteiger partial charge < -0.3 is 27.4 Å². The summed E-state index contributed by atoms with van der Waals surface area (Å²) in [5.74, 6) is 0.891. The minimum absolute atomic E-state index is 0. The summed E-state index contributed by atoms with van der Waals surface area (Å²) in [6.45, 7) is 3.71. The Morgan fingerprint density at radius 2 is 1.87 bits per heavy atom. The minimum atomic E-state index is 0. The van der Waals surface area contributed by atoms with Crippen molar-refractivity contribution in [2.24, 2.45) is 5.73 Å². The molecule has 0 bridgehead atoms. The number of nitrogens with two attached hydrogens (primary N) is 1. The van der Waals surface area contributed by atoms with E-state index in [1.807, 2.05) is 6.07 Å². The van der Waals surface area contributed by atoms with E-state index in [-0.39, 0.29) is 13.8 Å². The first-order valence-electron chi connectivity index (χ1n) is 7.64. The van der Waals surface area contributed by atoms with E-state index in [0.29, 0.717) is 6.54 Å². The molecule has 0 unspecified atom stereocenters. The zero-order valence-corrected chi connectivity index (χ0v) is 14.3. The lowest BCUT2D eigenvalue weighted by atomic mass is 10.1. The van der Waals surface area contributed by atoms with Gasteiger partial charge in [-0.25, -0.2) is 0 Å². The predicted molar refractivity (Wildman–Crippen MR) is 92.6 cm³/mol. The molecule has 2 N–H and O–H groups in total. The molecular weight excluding hydrogens is 308 g/mol. The number of nitrogens with zero attached hydrogens (tertiary/aromatic N) is 1. The lowest BCUT2D eigenvalue weighted by Gasteiger charge is -2.09. The third-order valence-electron chi connectivity index (χ3n) is 4.24. The van der Waals surface area contributed by atoms with Crippen molar-refractivity contribution in [3.63, 3.8) is 0 Å². The largest absolute Gasteiger partial charge is 1.00 e. The maximum Gasteiger partial charge on any atom is 1.00 e. The number of methoxy groups -OCH3 is 1. The van der Waals surface area contributed by atoms with Crippen LogP contribution in [0.3, 0.4) is 0 Å². The fraction of sp³-hybridized carbons (Fsp3) is 0.263. The molecule has 0 fully saturated rings. The van der Waals surface area contributed by atoms with Gasteiger partial charge in [0.05, 0.1) is 7.11 Å². The van der Waals surface area contributed by atoms with Gasteiger partial charge in [-0.3, -0.25) is 0 Å². The van der Waals surface area contributed by atoms with Gasteiger partial charge in [0.2, 0.25) is 0 Å². The lowest BCUT2D eigenvalue weighted by molar-refractivity contribution is -0.00000490. The van der Waals surface area contributed by atoms with Gasteiger partial charge in [-0.05, 0) is 49.2 Å². The average molecular weight is 331 g/mol. The predicted octanol–water partition coefficient (Wildman–Crippen LogP) is 0.624. The van der Waals surface area contributed by atoms with E-state index >= 15 is 0 Å². The molecule has 0 spiro atoms. The normalized spacial score (nSPS) is 10.6. The van der Waals surface area contributed by atoms with E-state index < -0.39 is 0 Å². The van der Waals surface area contributed by atoms with E-state index in [9.17, 15) is 0 Å². The van der Waals surface area contributed by atoms with Crippen molar-refractivity contribution in [3.05, 3.63) is 65.4 Å². The molecule has 3 nitrogen and oxygen atoms in total. The van der Waals surface area contributed by atoms with Crippen LogP contribution >= 0.6 is 0 Å². The van der Waals surface area contributed by atoms with Gasteiger partial charge in [-0.1, -0.05) is 30.3 Å². The molecule has 0 atom stereocenters. The van der Waals surface area contributed by atoms with Crippen LogP contribution < -0.4 is 22.9 Å². The molecule has 4 heteroatoms. The van der Waals surface area contributed by atoms with E-state index in [1.165, 1.54) is 27.7 Å². The SMILES string of the molecule is COc1ccc2c(c1)c(CCN)c(C)n2Cc1ccccc1.[Cl-].[H+]. The summed E-state index contributed by atoms with van der Waals surface area (Å²) < 4.78 is 7.75. The molecule has 0 aliphatic heterocycles. The van der Waals surface area contributed by atoms with Crippen molar-refractivity contribution in [1.29, 1.82) is 0 Å². The van der Waals surface area contributed by atoms with Crippen LogP contribution in [-0.2, 0) is 13.0 Å². The first kappa shape index (κ1) is 17.4. The van der Waals surface area contributed by atoms with E-state index in [2.05, 4.69) is 54.0 Å². The zero-order valence-electron chi connectivity index (χ0n) is 14.6. The van der Waals surface area contributed by atoms with Crippen LogP contribution in [0.1, 0.15) is 18.2 Å². The minimum Gasteiger partial charge on any atom is -1.00 e. The fourth-order valence-electron chi connectivity index (χ4n) is 3.09. The smallest absolute Gasteiger partial charge is 1.00 e. The van der Waals surface area contributed by atoms with Crippen LogP contribution in [0.4, 0.5) is 0 Å². The van der Waals surface area contributed by atoms with Gasteiger partial charge in [0.15, 0.2) is 0 Å². The highest BCUT2D eigenvalue weighted by Gasteiger charge is 2.14. The Hall–Kier alpha value is -1.97. The van der Waals surface area contributed by atoms with Gasteiger partial charge in [0.1, 0.15) is 5.75 Å². The Labute approximate surface area is 145 Å². The van der Waals surface area contributed by atoms with Crippen LogP contribution in [0.5, 0.6) is 5.75 Å². The number of benzene rings is 2. The maximum absolute atomic E-state index is 5.81. The molecular formula is C19H23ClN2O. The molecule has 3 rings (SSSR count). The highest BCUT2D eigenvalue weighted by molar-refractivity contribution is 5.87. The molecule has 1 aromatic heterocycles. The number of ether oxygens (including phenoxy) is 1. The summed E-state index contributed by atoms with van der Waals surface area (Å²) in [7, 11) is 1.71. The highest BCUT2D eigenvalue weighted by atomic mass is 35.5. The van der Waals surface area contributed by atoms with Crippen molar-refractivity contribution in [2.45, 2.75) is 19.9 Å². The summed E-state index contributed by atoms with van der Waals surface area (Å²) >= 11 is 0. The second kappa shape index (κ2) is 7.53. The summed E-state index contributed by atoms with van der Waals surface area (Å²) in [5, 5.41) is 1.25. The van der Waals surface area contributed by atoms with Gasteiger partial charge >= 0.3 is 1.43 Å². The van der Waals surface area contributed by atoms with Crippen molar-refractivity contribution < 1.29 is 18.6 Å². The molecule has 1 heterocycles. The summed E-state index contributed by atoms with van der Waals surface area (Å²) in [5.41, 5.74) is 11.0. The Kier molecular flexibility index (Phi) is 5.69. The third kappa shape index (κ3) is 3.36. The van der Waals surface area contributed by atoms with Crippen LogP contribution in [-0.4, -0.2) is 18.2 Å². The van der Waals surface area contributed by atoms with E-state index in [1.54, 1.807) is 7.11 Å². The number of hydrogen-bond acceptors (Lipinski definition) is 2. The van der Waals surface area contributed by atoms with Crippen LogP contribution in [0.15, 0.2) is 48.5 Å². The Bertz CT molecular complexity index is 787. The fourth-order valence-corrected chi connectivity index (χ4v) is 3.09. The first-order chi connectivity index (χ1) is 10.7. The summed E-state index contributed by atoms with van der Waals surface area (Å²) in [4.78, 5) is 0. The number of halogens is 1. The molecule has 122 valence electrons. The summed E-state index contributed by atoms with van der Waals surface area (Å²) in [6.07, 6.45) is 0.886. The van der Waals surface area contributed by atoms with Crippen molar-refractivity contribution in [1.82, 2.24) is 4.57 Å². The molecule has 2 aromatic carbocycles. The standard InChI is InChI=1S/C19H22N2O.ClH/c1-14-17(10-11-20)18-12-16(22-2)8-9-19(18)21(14)13-15-6-4-3-5-7-15;/h3-9,12H,10-11,13,20H2,1-2H3;1H.